The molecule has 1 fully saturated rings. The van der Waals surface area contributed by atoms with Crippen LogP contribution < -0.4 is 0 Å². The second kappa shape index (κ2) is 7.47. The molecule has 0 aromatic heterocycles. The Hall–Kier alpha value is -1.30. The zero-order valence-corrected chi connectivity index (χ0v) is 12.7. The Bertz CT molecular complexity index is 338. The fraction of sp³-hybridized carbons (Fsp3) is 0.857. The molecule has 2 amide bonds. The maximum atomic E-state index is 12.4. The molecule has 1 N–H and O–H groups in total. The van der Waals surface area contributed by atoms with Crippen LogP contribution in [0.3, 0.4) is 0 Å². The number of carboxylic acid groups (broad SMARTS) is 1. The fourth-order valence-corrected chi connectivity index (χ4v) is 2.40. The Morgan fingerprint density at radius 1 is 1.35 bits per heavy atom. The number of hydrogen-bond donors (Lipinski definition) is 1. The Morgan fingerprint density at radius 2 is 1.95 bits per heavy atom. The van der Waals surface area contributed by atoms with Crippen molar-refractivity contribution in [3.63, 3.8) is 0 Å². The van der Waals surface area contributed by atoms with Crippen LogP contribution in [-0.4, -0.2) is 66.8 Å². The van der Waals surface area contributed by atoms with Gasteiger partial charge in [0.25, 0.3) is 0 Å². The molecule has 0 radical (unpaired) electrons. The normalized spacial score (nSPS) is 17.9. The molecule has 1 rings (SSSR count). The van der Waals surface area contributed by atoms with Gasteiger partial charge in [-0.25, -0.2) is 4.79 Å². The number of likely N-dealkylation sites (tertiary alicyclic amines) is 1. The Labute approximate surface area is 120 Å². The van der Waals surface area contributed by atoms with Gasteiger partial charge in [-0.15, -0.1) is 0 Å². The van der Waals surface area contributed by atoms with Crippen molar-refractivity contribution in [3.8, 4) is 0 Å². The first kappa shape index (κ1) is 16.8. The van der Waals surface area contributed by atoms with Crippen molar-refractivity contribution in [3.05, 3.63) is 0 Å². The average molecular weight is 286 g/mol. The van der Waals surface area contributed by atoms with Crippen LogP contribution in [0.2, 0.25) is 0 Å². The number of amides is 2. The smallest absolute Gasteiger partial charge is 0.323 e. The first-order valence-corrected chi connectivity index (χ1v) is 7.16. The molecule has 0 aromatic carbocycles. The summed E-state index contributed by atoms with van der Waals surface area (Å²) in [5.41, 5.74) is 0.306. The summed E-state index contributed by atoms with van der Waals surface area (Å²) in [7, 11) is 1.54. The van der Waals surface area contributed by atoms with Gasteiger partial charge in [0.2, 0.25) is 0 Å². The summed E-state index contributed by atoms with van der Waals surface area (Å²) < 4.78 is 4.94. The molecule has 0 saturated carbocycles. The Morgan fingerprint density at radius 3 is 2.40 bits per heavy atom. The highest BCUT2D eigenvalue weighted by molar-refractivity contribution is 5.80. The van der Waals surface area contributed by atoms with Crippen LogP contribution in [0.1, 0.15) is 33.1 Å². The molecular weight excluding hydrogens is 260 g/mol. The number of ether oxygens (including phenoxy) is 1. The summed E-state index contributed by atoms with van der Waals surface area (Å²) in [6, 6.07) is -0.192. The number of aliphatic carboxylic acids is 1. The van der Waals surface area contributed by atoms with Gasteiger partial charge in [0, 0.05) is 26.7 Å². The minimum absolute atomic E-state index is 0.192. The van der Waals surface area contributed by atoms with E-state index in [9.17, 15) is 9.59 Å². The molecule has 20 heavy (non-hydrogen) atoms. The number of piperidine rings is 1. The maximum absolute atomic E-state index is 12.4. The average Bonchev–Trinajstić information content (AvgIpc) is 2.43. The summed E-state index contributed by atoms with van der Waals surface area (Å²) in [6.45, 7) is 6.20. The summed E-state index contributed by atoms with van der Waals surface area (Å²) in [6.07, 6.45) is 3.05. The van der Waals surface area contributed by atoms with Crippen molar-refractivity contribution in [1.82, 2.24) is 9.80 Å². The molecule has 0 unspecified atom stereocenters. The molecule has 0 aromatic rings. The molecule has 116 valence electrons. The minimum Gasteiger partial charge on any atom is -0.480 e. The van der Waals surface area contributed by atoms with Gasteiger partial charge in [-0.2, -0.15) is 0 Å². The largest absolute Gasteiger partial charge is 0.480 e. The number of hydrogen-bond acceptors (Lipinski definition) is 3. The quantitative estimate of drug-likeness (QED) is 0.806. The van der Waals surface area contributed by atoms with Crippen LogP contribution in [0.4, 0.5) is 4.79 Å². The van der Waals surface area contributed by atoms with E-state index in [0.29, 0.717) is 31.7 Å². The van der Waals surface area contributed by atoms with Gasteiger partial charge in [-0.05, 0) is 18.3 Å². The van der Waals surface area contributed by atoms with Crippen molar-refractivity contribution in [2.24, 2.45) is 5.41 Å². The molecule has 1 saturated heterocycles. The maximum Gasteiger partial charge on any atom is 0.323 e. The van der Waals surface area contributed by atoms with Crippen LogP contribution >= 0.6 is 0 Å². The lowest BCUT2D eigenvalue weighted by molar-refractivity contribution is -0.137. The van der Waals surface area contributed by atoms with Crippen molar-refractivity contribution >= 4 is 12.0 Å². The van der Waals surface area contributed by atoms with Crippen molar-refractivity contribution in [2.75, 3.05) is 39.9 Å². The standard InChI is InChI=1S/C14H26N2O4/c1-4-14(2)5-7-15(8-6-14)13(19)16(9-10-20-3)11-12(17)18/h4-11H2,1-3H3,(H,17,18). The summed E-state index contributed by atoms with van der Waals surface area (Å²) in [4.78, 5) is 26.3. The van der Waals surface area contributed by atoms with Crippen LogP contribution in [0.15, 0.2) is 0 Å². The number of carbonyl (C=O) groups is 2. The predicted molar refractivity (Wildman–Crippen MR) is 75.7 cm³/mol. The number of urea groups is 1. The van der Waals surface area contributed by atoms with E-state index < -0.39 is 5.97 Å². The van der Waals surface area contributed by atoms with E-state index in [4.69, 9.17) is 9.84 Å². The minimum atomic E-state index is -0.996. The molecule has 0 bridgehead atoms. The third-order valence-electron chi connectivity index (χ3n) is 4.26. The highest BCUT2D eigenvalue weighted by atomic mass is 16.5. The summed E-state index contributed by atoms with van der Waals surface area (Å²) >= 11 is 0. The first-order valence-electron chi connectivity index (χ1n) is 7.16. The monoisotopic (exact) mass is 286 g/mol. The molecule has 0 spiro atoms. The molecule has 1 heterocycles. The molecule has 0 atom stereocenters. The van der Waals surface area contributed by atoms with Gasteiger partial charge < -0.3 is 19.6 Å². The van der Waals surface area contributed by atoms with Gasteiger partial charge in [-0.3, -0.25) is 4.79 Å². The van der Waals surface area contributed by atoms with E-state index in [2.05, 4.69) is 13.8 Å². The number of carbonyl (C=O) groups excluding carboxylic acids is 1. The van der Waals surface area contributed by atoms with Gasteiger partial charge in [0.15, 0.2) is 0 Å². The van der Waals surface area contributed by atoms with E-state index in [1.54, 1.807) is 4.90 Å². The second-order valence-corrected chi connectivity index (χ2v) is 5.74. The highest BCUT2D eigenvalue weighted by Crippen LogP contribution is 2.34. The van der Waals surface area contributed by atoms with Crippen LogP contribution in [0.5, 0.6) is 0 Å². The van der Waals surface area contributed by atoms with Crippen LogP contribution in [0.25, 0.3) is 0 Å². The zero-order chi connectivity index (χ0) is 15.2. The van der Waals surface area contributed by atoms with E-state index in [-0.39, 0.29) is 12.6 Å². The lowest BCUT2D eigenvalue weighted by Crippen LogP contribution is -2.50. The van der Waals surface area contributed by atoms with Crippen molar-refractivity contribution < 1.29 is 19.4 Å². The summed E-state index contributed by atoms with van der Waals surface area (Å²) in [5, 5.41) is 8.90. The molecule has 1 aliphatic heterocycles. The highest BCUT2D eigenvalue weighted by Gasteiger charge is 2.32. The van der Waals surface area contributed by atoms with E-state index in [0.717, 1.165) is 19.3 Å². The molecule has 6 nitrogen and oxygen atoms in total. The van der Waals surface area contributed by atoms with Crippen molar-refractivity contribution in [2.45, 2.75) is 33.1 Å². The summed E-state index contributed by atoms with van der Waals surface area (Å²) in [5.74, 6) is -0.996. The number of carboxylic acids is 1. The van der Waals surface area contributed by atoms with E-state index in [1.807, 2.05) is 0 Å². The van der Waals surface area contributed by atoms with Crippen LogP contribution in [0, 0.1) is 5.41 Å². The third-order valence-corrected chi connectivity index (χ3v) is 4.26. The van der Waals surface area contributed by atoms with Gasteiger partial charge in [-0.1, -0.05) is 20.3 Å². The molecular formula is C14H26N2O4. The fourth-order valence-electron chi connectivity index (χ4n) is 2.40. The SMILES string of the molecule is CCC1(C)CCN(C(=O)N(CCOC)CC(=O)O)CC1. The van der Waals surface area contributed by atoms with Gasteiger partial charge in [0.05, 0.1) is 6.61 Å². The van der Waals surface area contributed by atoms with E-state index >= 15 is 0 Å². The zero-order valence-electron chi connectivity index (χ0n) is 12.7. The predicted octanol–water partition coefficient (Wildman–Crippen LogP) is 1.65. The second-order valence-electron chi connectivity index (χ2n) is 5.74. The number of rotatable bonds is 6. The van der Waals surface area contributed by atoms with Crippen molar-refractivity contribution in [1.29, 1.82) is 0 Å². The third kappa shape index (κ3) is 4.67. The van der Waals surface area contributed by atoms with Crippen LogP contribution in [-0.2, 0) is 9.53 Å². The Kier molecular flexibility index (Phi) is 6.26. The first-order chi connectivity index (χ1) is 9.41. The number of methoxy groups -OCH3 is 1. The molecule has 0 aliphatic carbocycles. The lowest BCUT2D eigenvalue weighted by Gasteiger charge is -2.40. The number of nitrogens with zero attached hydrogens (tertiary/aromatic N) is 2. The lowest BCUT2D eigenvalue weighted by atomic mass is 9.78. The Balaban J connectivity index is 2.59. The van der Waals surface area contributed by atoms with E-state index in [1.165, 1.54) is 12.0 Å². The molecule has 6 heteroatoms. The van der Waals surface area contributed by atoms with Gasteiger partial charge >= 0.3 is 12.0 Å². The van der Waals surface area contributed by atoms with Gasteiger partial charge in [0.1, 0.15) is 6.54 Å². The molecule has 1 aliphatic rings. The topological polar surface area (TPSA) is 70.1 Å².